The summed E-state index contributed by atoms with van der Waals surface area (Å²) in [5.41, 5.74) is 0. The minimum absolute atomic E-state index is 0. The van der Waals surface area contributed by atoms with Crippen LogP contribution in [0.1, 0.15) is 0 Å². The Morgan fingerprint density at radius 3 is 0.750 bits per heavy atom. The van der Waals surface area contributed by atoms with E-state index in [0.717, 1.165) is 0 Å². The van der Waals surface area contributed by atoms with Crippen molar-refractivity contribution in [1.82, 2.24) is 0 Å². The van der Waals surface area contributed by atoms with E-state index >= 15 is 0 Å². The van der Waals surface area contributed by atoms with Gasteiger partial charge in [0.2, 0.25) is 0 Å². The summed E-state index contributed by atoms with van der Waals surface area (Å²) in [6.45, 7) is 0. The minimum atomic E-state index is 0. The maximum atomic E-state index is 0. The third-order valence-corrected chi connectivity index (χ3v) is 0. The van der Waals surface area contributed by atoms with E-state index < -0.39 is 0 Å². The molecule has 0 nitrogen and oxygen atoms in total. The SMILES string of the molecule is [CH3-].[Fe].[Fe].[W]. The van der Waals surface area contributed by atoms with E-state index in [1.165, 1.54) is 0 Å². The van der Waals surface area contributed by atoms with Gasteiger partial charge < -0.3 is 7.43 Å². The van der Waals surface area contributed by atoms with Gasteiger partial charge in [-0.05, 0) is 0 Å². The number of rotatable bonds is 0. The first-order valence-electron chi connectivity index (χ1n) is 0. The van der Waals surface area contributed by atoms with Crippen LogP contribution < -0.4 is 0 Å². The van der Waals surface area contributed by atoms with E-state index in [1.54, 1.807) is 0 Å². The van der Waals surface area contributed by atoms with Crippen molar-refractivity contribution < 1.29 is 55.2 Å². The number of hydrogen-bond donors (Lipinski definition) is 0. The molecule has 3 heteroatoms. The van der Waals surface area contributed by atoms with E-state index in [2.05, 4.69) is 0 Å². The van der Waals surface area contributed by atoms with Crippen LogP contribution in [-0.2, 0) is 55.2 Å². The first-order chi connectivity index (χ1) is 0. The molecule has 0 unspecified atom stereocenters. The molecular formula is CH3Fe2W-. The van der Waals surface area contributed by atoms with Crippen LogP contribution in [-0.4, -0.2) is 0 Å². The van der Waals surface area contributed by atoms with Gasteiger partial charge in [-0.15, -0.1) is 0 Å². The predicted octanol–water partition coefficient (Wildman–Crippen LogP) is 0.443. The molecule has 0 heterocycles. The van der Waals surface area contributed by atoms with Crippen molar-refractivity contribution >= 4 is 0 Å². The normalized spacial score (nSPS) is 0. The molecule has 0 amide bonds. The van der Waals surface area contributed by atoms with Gasteiger partial charge in [0, 0.05) is 55.2 Å². The third kappa shape index (κ3) is 9.29. The second-order valence-corrected chi connectivity index (χ2v) is 0. The maximum absolute atomic E-state index is 0. The maximum Gasteiger partial charge on any atom is 0 e. The molecule has 0 bridgehead atoms. The number of hydrogen-bond acceptors (Lipinski definition) is 0. The van der Waals surface area contributed by atoms with E-state index in [-0.39, 0.29) is 62.6 Å². The van der Waals surface area contributed by atoms with Crippen molar-refractivity contribution in [3.63, 3.8) is 0 Å². The van der Waals surface area contributed by atoms with Gasteiger partial charge in [-0.1, -0.05) is 0 Å². The molecule has 0 saturated heterocycles. The summed E-state index contributed by atoms with van der Waals surface area (Å²) >= 11 is 0. The van der Waals surface area contributed by atoms with Crippen LogP contribution in [0.2, 0.25) is 0 Å². The molecule has 0 aromatic rings. The Balaban J connectivity index is 0. The van der Waals surface area contributed by atoms with Crippen molar-refractivity contribution in [3.8, 4) is 0 Å². The van der Waals surface area contributed by atoms with Gasteiger partial charge in [0.25, 0.3) is 0 Å². The molecule has 0 atom stereocenters. The molecule has 0 aliphatic heterocycles. The molecule has 0 radical (unpaired) electrons. The molecule has 0 aliphatic rings. The fourth-order valence-corrected chi connectivity index (χ4v) is 0. The second kappa shape index (κ2) is 22.0. The molecule has 30 valence electrons. The molecular weight excluding hydrogens is 308 g/mol. The summed E-state index contributed by atoms with van der Waals surface area (Å²) in [7, 11) is 0. The standard InChI is InChI=1S/CH3.2Fe.W/h1H3;;;/q-1;;;. The summed E-state index contributed by atoms with van der Waals surface area (Å²) in [5.74, 6) is 0. The van der Waals surface area contributed by atoms with Gasteiger partial charge in [0.1, 0.15) is 0 Å². The Bertz CT molecular complexity index is 6.00. The second-order valence-electron chi connectivity index (χ2n) is 0. The topological polar surface area (TPSA) is 0 Å². The smallest absolute Gasteiger partial charge is 0 e. The molecule has 0 fully saturated rings. The Morgan fingerprint density at radius 2 is 0.750 bits per heavy atom. The van der Waals surface area contributed by atoms with Crippen LogP contribution >= 0.6 is 0 Å². The van der Waals surface area contributed by atoms with Crippen molar-refractivity contribution in [2.24, 2.45) is 0 Å². The molecule has 0 aliphatic carbocycles. The van der Waals surface area contributed by atoms with Crippen LogP contribution in [0, 0.1) is 7.43 Å². The monoisotopic (exact) mass is 311 g/mol. The largest absolute Gasteiger partial charge is 0.358 e. The molecule has 0 aromatic heterocycles. The van der Waals surface area contributed by atoms with E-state index in [9.17, 15) is 0 Å². The Labute approximate surface area is 62.3 Å². The average Bonchev–Trinajstić information content (AvgIpc) is 0. The van der Waals surface area contributed by atoms with Crippen LogP contribution in [0.5, 0.6) is 0 Å². The van der Waals surface area contributed by atoms with Crippen LogP contribution in [0.25, 0.3) is 0 Å². The van der Waals surface area contributed by atoms with Gasteiger partial charge in [-0.3, -0.25) is 0 Å². The summed E-state index contributed by atoms with van der Waals surface area (Å²) in [6, 6.07) is 0. The van der Waals surface area contributed by atoms with Gasteiger partial charge in [0.05, 0.1) is 0 Å². The molecule has 0 saturated carbocycles. The zero-order chi connectivity index (χ0) is 0. The zero-order valence-electron chi connectivity index (χ0n) is 2.12. The average molecular weight is 311 g/mol. The summed E-state index contributed by atoms with van der Waals surface area (Å²) in [5, 5.41) is 0. The van der Waals surface area contributed by atoms with Gasteiger partial charge >= 0.3 is 0 Å². The molecule has 0 spiro atoms. The van der Waals surface area contributed by atoms with E-state index in [0.29, 0.717) is 0 Å². The van der Waals surface area contributed by atoms with Crippen LogP contribution in [0.3, 0.4) is 0 Å². The zero-order valence-corrected chi connectivity index (χ0v) is 7.26. The first-order valence-corrected chi connectivity index (χ1v) is 0. The minimum Gasteiger partial charge on any atom is -0.358 e. The predicted molar refractivity (Wildman–Crippen MR) is 6.41 cm³/mol. The van der Waals surface area contributed by atoms with E-state index in [4.69, 9.17) is 0 Å². The fraction of sp³-hybridized carbons (Fsp3) is 0. The Hall–Kier alpha value is 1.73. The van der Waals surface area contributed by atoms with Gasteiger partial charge in [0.15, 0.2) is 0 Å². The Morgan fingerprint density at radius 1 is 0.750 bits per heavy atom. The van der Waals surface area contributed by atoms with Crippen molar-refractivity contribution in [3.05, 3.63) is 7.43 Å². The van der Waals surface area contributed by atoms with Gasteiger partial charge in [-0.2, -0.15) is 0 Å². The van der Waals surface area contributed by atoms with Crippen molar-refractivity contribution in [2.75, 3.05) is 0 Å². The van der Waals surface area contributed by atoms with E-state index in [1.807, 2.05) is 0 Å². The summed E-state index contributed by atoms with van der Waals surface area (Å²) in [4.78, 5) is 0. The van der Waals surface area contributed by atoms with Crippen LogP contribution in [0.4, 0.5) is 0 Å². The summed E-state index contributed by atoms with van der Waals surface area (Å²) in [6.07, 6.45) is 0. The molecule has 0 N–H and O–H groups in total. The quantitative estimate of drug-likeness (QED) is 0.450. The molecule has 0 rings (SSSR count). The van der Waals surface area contributed by atoms with Crippen molar-refractivity contribution in [2.45, 2.75) is 0 Å². The Kier molecular flexibility index (Phi) is 236. The summed E-state index contributed by atoms with van der Waals surface area (Å²) < 4.78 is 0. The third-order valence-electron chi connectivity index (χ3n) is 0. The van der Waals surface area contributed by atoms with Gasteiger partial charge in [-0.25, -0.2) is 0 Å². The fourth-order valence-electron chi connectivity index (χ4n) is 0. The molecule has 0 aromatic carbocycles. The van der Waals surface area contributed by atoms with Crippen LogP contribution in [0.15, 0.2) is 0 Å². The first kappa shape index (κ1) is 42.9. The van der Waals surface area contributed by atoms with Crippen molar-refractivity contribution in [1.29, 1.82) is 0 Å². The molecule has 4 heavy (non-hydrogen) atoms.